The number of nitrogens with one attached hydrogen (secondary N) is 1. The van der Waals surface area contributed by atoms with Crippen molar-refractivity contribution in [2.45, 2.75) is 0 Å². The van der Waals surface area contributed by atoms with Gasteiger partial charge in [-0.2, -0.15) is 10.5 Å². The second-order valence-corrected chi connectivity index (χ2v) is 5.56. The summed E-state index contributed by atoms with van der Waals surface area (Å²) in [7, 11) is 1.40. The molecule has 0 aromatic heterocycles. The maximum absolute atomic E-state index is 12.3. The van der Waals surface area contributed by atoms with Gasteiger partial charge < -0.3 is 19.9 Å². The third-order valence-electron chi connectivity index (χ3n) is 3.33. The van der Waals surface area contributed by atoms with Crippen molar-refractivity contribution in [3.8, 4) is 29.4 Å². The van der Waals surface area contributed by atoms with E-state index >= 15 is 0 Å². The number of phenolic OH excluding ortho intramolecular Hbond substituents is 1. The average molecular weight is 384 g/mol. The zero-order valence-corrected chi connectivity index (χ0v) is 14.9. The fraction of sp³-hybridized carbons (Fsp3) is 0.105. The summed E-state index contributed by atoms with van der Waals surface area (Å²) >= 11 is 6.15. The third-order valence-corrected chi connectivity index (χ3v) is 3.61. The lowest BCUT2D eigenvalue weighted by Crippen LogP contribution is -2.13. The van der Waals surface area contributed by atoms with Crippen LogP contribution in [0.3, 0.4) is 0 Å². The van der Waals surface area contributed by atoms with Crippen LogP contribution in [0, 0.1) is 22.7 Å². The number of ether oxygens (including phenoxy) is 2. The summed E-state index contributed by atoms with van der Waals surface area (Å²) in [6.45, 7) is -0.205. The van der Waals surface area contributed by atoms with Crippen LogP contribution in [0.4, 0.5) is 5.69 Å². The van der Waals surface area contributed by atoms with Gasteiger partial charge in [-0.25, -0.2) is 0 Å². The number of hydrogen-bond acceptors (Lipinski definition) is 6. The second-order valence-electron chi connectivity index (χ2n) is 5.15. The number of halogens is 1. The fourth-order valence-corrected chi connectivity index (χ4v) is 2.40. The summed E-state index contributed by atoms with van der Waals surface area (Å²) in [5, 5.41) is 29.9. The van der Waals surface area contributed by atoms with E-state index in [1.807, 2.05) is 12.1 Å². The molecule has 0 aliphatic carbocycles. The van der Waals surface area contributed by atoms with Gasteiger partial charge in [-0.15, -0.1) is 0 Å². The predicted molar refractivity (Wildman–Crippen MR) is 99.4 cm³/mol. The van der Waals surface area contributed by atoms with Gasteiger partial charge in [0.25, 0.3) is 5.91 Å². The summed E-state index contributed by atoms with van der Waals surface area (Å²) in [6.07, 6.45) is 1.35. The molecule has 0 radical (unpaired) electrons. The number of aromatic hydroxyl groups is 1. The third kappa shape index (κ3) is 5.15. The molecule has 7 nitrogen and oxygen atoms in total. The Morgan fingerprint density at radius 1 is 1.30 bits per heavy atom. The molecule has 0 saturated carbocycles. The Morgan fingerprint density at radius 3 is 2.59 bits per heavy atom. The zero-order valence-electron chi connectivity index (χ0n) is 14.2. The number of methoxy groups -OCH3 is 1. The molecule has 0 fully saturated rings. The van der Waals surface area contributed by atoms with Crippen LogP contribution in [0.15, 0.2) is 42.0 Å². The minimum atomic E-state index is -0.622. The van der Waals surface area contributed by atoms with Gasteiger partial charge in [0.15, 0.2) is 18.1 Å². The van der Waals surface area contributed by atoms with E-state index < -0.39 is 5.91 Å². The van der Waals surface area contributed by atoms with Crippen molar-refractivity contribution < 1.29 is 19.4 Å². The Kier molecular flexibility index (Phi) is 6.65. The fourth-order valence-electron chi connectivity index (χ4n) is 2.13. The molecule has 2 N–H and O–H groups in total. The molecule has 0 atom stereocenters. The number of nitriles is 2. The lowest BCUT2D eigenvalue weighted by Gasteiger charge is -2.11. The molecule has 0 saturated heterocycles. The van der Waals surface area contributed by atoms with Gasteiger partial charge >= 0.3 is 0 Å². The van der Waals surface area contributed by atoms with Crippen LogP contribution in [0.1, 0.15) is 5.56 Å². The number of phenols is 1. The van der Waals surface area contributed by atoms with E-state index in [2.05, 4.69) is 5.32 Å². The number of nitrogens with zero attached hydrogens (tertiary/aromatic N) is 2. The molecule has 2 aromatic carbocycles. The molecule has 0 aliphatic rings. The van der Waals surface area contributed by atoms with Gasteiger partial charge in [-0.3, -0.25) is 4.79 Å². The first kappa shape index (κ1) is 19.6. The lowest BCUT2D eigenvalue weighted by molar-refractivity contribution is -0.112. The second kappa shape index (κ2) is 9.14. The van der Waals surface area contributed by atoms with Gasteiger partial charge in [0.05, 0.1) is 12.1 Å². The van der Waals surface area contributed by atoms with Crippen molar-refractivity contribution in [3.63, 3.8) is 0 Å². The Hall–Kier alpha value is -3.68. The molecular weight excluding hydrogens is 370 g/mol. The van der Waals surface area contributed by atoms with Gasteiger partial charge in [-0.1, -0.05) is 11.6 Å². The molecule has 8 heteroatoms. The first-order chi connectivity index (χ1) is 13.0. The van der Waals surface area contributed by atoms with E-state index in [0.717, 1.165) is 0 Å². The highest BCUT2D eigenvalue weighted by Gasteiger charge is 2.14. The molecule has 0 unspecified atom stereocenters. The molecule has 0 spiro atoms. The van der Waals surface area contributed by atoms with E-state index in [1.165, 1.54) is 49.6 Å². The Balaban J connectivity index is 2.29. The molecule has 27 heavy (non-hydrogen) atoms. The van der Waals surface area contributed by atoms with Crippen LogP contribution < -0.4 is 14.8 Å². The Bertz CT molecular complexity index is 957. The maximum atomic E-state index is 12.3. The van der Waals surface area contributed by atoms with Crippen molar-refractivity contribution in [2.24, 2.45) is 0 Å². The quantitative estimate of drug-likeness (QED) is 0.448. The van der Waals surface area contributed by atoms with E-state index in [9.17, 15) is 15.2 Å². The highest BCUT2D eigenvalue weighted by molar-refractivity contribution is 6.32. The monoisotopic (exact) mass is 383 g/mol. The van der Waals surface area contributed by atoms with E-state index in [-0.39, 0.29) is 34.5 Å². The number of benzene rings is 2. The molecule has 136 valence electrons. The van der Waals surface area contributed by atoms with Crippen LogP contribution in [0.2, 0.25) is 5.02 Å². The van der Waals surface area contributed by atoms with Crippen LogP contribution in [-0.2, 0) is 4.79 Å². The van der Waals surface area contributed by atoms with Gasteiger partial charge in [0.2, 0.25) is 0 Å². The molecule has 0 aliphatic heterocycles. The standard InChI is InChI=1S/C19H14ClN3O4/c1-26-17-10-12(9-16(20)18(17)27-7-6-21)8-13(11-22)19(25)23-14-2-4-15(24)5-3-14/h2-5,8-10,24H,7H2,1H3,(H,23,25)/b13-8+. The number of amides is 1. The molecule has 0 heterocycles. The minimum Gasteiger partial charge on any atom is -0.508 e. The number of carbonyl (C=O) groups is 1. The molecule has 1 amide bonds. The zero-order chi connectivity index (χ0) is 19.8. The maximum Gasteiger partial charge on any atom is 0.266 e. The van der Waals surface area contributed by atoms with Gasteiger partial charge in [0, 0.05) is 5.69 Å². The average Bonchev–Trinajstić information content (AvgIpc) is 2.66. The normalized spacial score (nSPS) is 10.4. The predicted octanol–water partition coefficient (Wildman–Crippen LogP) is 3.50. The van der Waals surface area contributed by atoms with Crippen molar-refractivity contribution >= 4 is 29.3 Å². The minimum absolute atomic E-state index is 0.0597. The first-order valence-electron chi connectivity index (χ1n) is 7.58. The number of anilines is 1. The summed E-state index contributed by atoms with van der Waals surface area (Å²) in [5.41, 5.74) is 0.709. The van der Waals surface area contributed by atoms with E-state index in [1.54, 1.807) is 0 Å². The van der Waals surface area contributed by atoms with Crippen molar-refractivity contribution in [3.05, 3.63) is 52.6 Å². The Morgan fingerprint density at radius 2 is 2.00 bits per heavy atom. The first-order valence-corrected chi connectivity index (χ1v) is 7.95. The molecular formula is C19H14ClN3O4. The van der Waals surface area contributed by atoms with Crippen LogP contribution in [-0.4, -0.2) is 24.7 Å². The number of carbonyl (C=O) groups excluding carboxylic acids is 1. The van der Waals surface area contributed by atoms with Crippen molar-refractivity contribution in [2.75, 3.05) is 19.0 Å². The van der Waals surface area contributed by atoms with Gasteiger partial charge in [-0.05, 0) is 48.0 Å². The summed E-state index contributed by atoms with van der Waals surface area (Å²) in [5.74, 6) is -0.0993. The molecule has 0 bridgehead atoms. The summed E-state index contributed by atoms with van der Waals surface area (Å²) in [6, 6.07) is 12.5. The molecule has 2 rings (SSSR count). The number of hydrogen-bond donors (Lipinski definition) is 2. The smallest absolute Gasteiger partial charge is 0.266 e. The van der Waals surface area contributed by atoms with Gasteiger partial charge in [0.1, 0.15) is 23.5 Å². The van der Waals surface area contributed by atoms with Crippen LogP contribution in [0.5, 0.6) is 17.2 Å². The van der Waals surface area contributed by atoms with Crippen molar-refractivity contribution in [1.29, 1.82) is 10.5 Å². The lowest BCUT2D eigenvalue weighted by atomic mass is 10.1. The molecule has 2 aromatic rings. The van der Waals surface area contributed by atoms with E-state index in [4.69, 9.17) is 26.3 Å². The largest absolute Gasteiger partial charge is 0.508 e. The van der Waals surface area contributed by atoms with E-state index in [0.29, 0.717) is 11.3 Å². The number of rotatable bonds is 6. The van der Waals surface area contributed by atoms with Crippen LogP contribution in [0.25, 0.3) is 6.08 Å². The summed E-state index contributed by atoms with van der Waals surface area (Å²) < 4.78 is 10.4. The van der Waals surface area contributed by atoms with Crippen LogP contribution >= 0.6 is 11.6 Å². The highest BCUT2D eigenvalue weighted by atomic mass is 35.5. The Labute approximate surface area is 160 Å². The van der Waals surface area contributed by atoms with Crippen molar-refractivity contribution in [1.82, 2.24) is 0 Å². The summed E-state index contributed by atoms with van der Waals surface area (Å²) in [4.78, 5) is 12.3. The highest BCUT2D eigenvalue weighted by Crippen LogP contribution is 2.37. The topological polar surface area (TPSA) is 115 Å². The SMILES string of the molecule is COc1cc(/C=C(\C#N)C(=O)Nc2ccc(O)cc2)cc(Cl)c1OCC#N.